The normalized spacial score (nSPS) is 11.6. The van der Waals surface area contributed by atoms with Crippen LogP contribution >= 0.6 is 22.9 Å². The number of pyridine rings is 1. The van der Waals surface area contributed by atoms with Crippen LogP contribution in [0.2, 0.25) is 5.02 Å². The SMILES string of the molecule is CC(C)(C)c1cc(NC(=O)Nc2ccc3[nH]ccc3c2)n(-c2ccc(C(=O)NS(C)(=O)=O)cc2)n1.CC(C)(C)c1cc(NC(=O)Nc2ccc3ccccc3n2)n(-c2ccc(C(=O)NS(C)(=O)=O)cc2)n1.CC(C)(C)c1cc(NC(=O)Nc2nc(-c3ccccc3)cs2)n(-c2ccc(C(=O)NS(C)(=O)=O)cc2)n1.CNC(=O)CN(CC(=O)NC)C(=O)c1ccc(-n2nc(C(C)(C)C)cc2NC(=O)Nc2ccc(Cl)cc2)cc1. The van der Waals surface area contributed by atoms with Crippen molar-refractivity contribution < 1.29 is 73.2 Å². The number of sulfonamides is 3. The third-order valence-corrected chi connectivity index (χ3v) is 23.9. The molecule has 0 saturated carbocycles. The first-order valence-electron chi connectivity index (χ1n) is 45.2. The Bertz CT molecular complexity index is 7760. The second kappa shape index (κ2) is 45.9. The summed E-state index contributed by atoms with van der Waals surface area (Å²) < 4.78 is 80.1. The number of aromatic amines is 1. The summed E-state index contributed by atoms with van der Waals surface area (Å²) in [5.41, 5.74) is 9.55. The summed E-state index contributed by atoms with van der Waals surface area (Å²) >= 11 is 7.23. The van der Waals surface area contributed by atoms with Gasteiger partial charge in [-0.1, -0.05) is 143 Å². The molecule has 41 nitrogen and oxygen atoms in total. The smallest absolute Gasteiger partial charge is 0.326 e. The maximum absolute atomic E-state index is 13.1. The van der Waals surface area contributed by atoms with Crippen LogP contribution < -0.4 is 67.3 Å². The van der Waals surface area contributed by atoms with E-state index in [4.69, 9.17) is 11.6 Å². The monoisotopic (exact) mass is 2090 g/mol. The number of fused-ring (bicyclic) bond motifs is 2. The molecule has 8 aromatic carbocycles. The minimum Gasteiger partial charge on any atom is -0.361 e. The zero-order valence-electron chi connectivity index (χ0n) is 83.0. The second-order valence-electron chi connectivity index (χ2n) is 37.5. The number of rotatable bonds is 24. The predicted molar refractivity (Wildman–Crippen MR) is 570 cm³/mol. The Morgan fingerprint density at radius 1 is 0.374 bits per heavy atom. The number of thiazole rings is 1. The van der Waals surface area contributed by atoms with Crippen molar-refractivity contribution in [3.8, 4) is 34.0 Å². The molecule has 14 amide bonds. The number of para-hydroxylation sites is 1. The van der Waals surface area contributed by atoms with Gasteiger partial charge < -0.3 is 31.2 Å². The Labute approximate surface area is 856 Å². The number of halogens is 1. The number of carbonyl (C=O) groups is 10. The number of H-pyrrole nitrogens is 1. The summed E-state index contributed by atoms with van der Waals surface area (Å²) in [7, 11) is -8.13. The highest BCUT2D eigenvalue weighted by Crippen LogP contribution is 2.34. The summed E-state index contributed by atoms with van der Waals surface area (Å²) in [6, 6.07) is 65.4. The van der Waals surface area contributed by atoms with Crippen molar-refractivity contribution in [1.82, 2.24) is 83.8 Å². The number of hydrogen-bond acceptors (Lipinski definition) is 23. The summed E-state index contributed by atoms with van der Waals surface area (Å²) in [6.45, 7) is 23.5. The molecular formula is C101H110ClN25O16S4. The van der Waals surface area contributed by atoms with Crippen LogP contribution in [0.25, 0.3) is 55.8 Å². The number of aromatic nitrogens is 11. The standard InChI is InChI=1S/C27H32ClN7O4.C25H26N6O4S2.C25H26N6O4S.C24H26N6O4S/c1-27(2,3)21-14-22(32-26(39)31-19-10-8-18(28)9-11-19)35(33-21)20-12-6-17(7-13-20)25(38)34(15-23(36)29-4)16-24(37)30-5;1-25(2,3)20-14-21(27-23(33)28-24-26-19(15-36-24)16-8-6-5-7-9-16)31(29-20)18-12-10-17(11-13-18)22(32)30-37(4,34)35;1-25(2,3)20-15-22(28-24(33)27-21-14-11-16-7-5-6-8-19(16)26-21)31(29-20)18-12-9-17(10-13-18)23(32)30-36(4,34)35;1-24(2,3)20-14-21(27-23(32)26-17-7-10-19-16(13-17)11-12-25-19)30(28-20)18-8-5-15(6-9-18)22(31)29-35(4,33)34/h6-14H,15-16H2,1-5H3,(H,29,36)(H,30,37)(H2,31,32,39);5-15H,1-4H3,(H,30,32)(H2,26,27,28,33);5-15H,1-4H3,(H,30,32)(H2,26,27,28,33);5-14,25H,1-4H3,(H,29,31)(H2,26,27,32). The van der Waals surface area contributed by atoms with E-state index in [0.717, 1.165) is 79.5 Å². The van der Waals surface area contributed by atoms with E-state index in [2.05, 4.69) is 88.5 Å². The molecule has 0 saturated heterocycles. The number of urea groups is 4. The minimum absolute atomic E-state index is 0.169. The summed E-state index contributed by atoms with van der Waals surface area (Å²) in [5.74, 6) is -1.41. The van der Waals surface area contributed by atoms with Crippen LogP contribution in [0, 0.1) is 0 Å². The Balaban J connectivity index is 0.000000174. The molecule has 766 valence electrons. The molecule has 7 aromatic heterocycles. The van der Waals surface area contributed by atoms with E-state index in [1.807, 2.05) is 188 Å². The first-order valence-corrected chi connectivity index (χ1v) is 52.1. The van der Waals surface area contributed by atoms with Crippen LogP contribution in [0.5, 0.6) is 0 Å². The fraction of sp³-hybridized carbons (Fsp3) is 0.228. The molecule has 15 rings (SSSR count). The van der Waals surface area contributed by atoms with E-state index in [9.17, 15) is 73.2 Å². The summed E-state index contributed by atoms with van der Waals surface area (Å²) in [4.78, 5) is 138. The van der Waals surface area contributed by atoms with Crippen molar-refractivity contribution in [3.05, 3.63) is 298 Å². The van der Waals surface area contributed by atoms with E-state index >= 15 is 0 Å². The molecule has 0 atom stereocenters. The molecule has 0 bridgehead atoms. The van der Waals surface area contributed by atoms with Gasteiger partial charge in [0.2, 0.25) is 41.9 Å². The van der Waals surface area contributed by atoms with Gasteiger partial charge in [-0.3, -0.25) is 60.7 Å². The molecule has 15 aromatic rings. The minimum atomic E-state index is -3.68. The highest BCUT2D eigenvalue weighted by Gasteiger charge is 2.30. The number of benzene rings is 8. The van der Waals surface area contributed by atoms with Crippen LogP contribution in [0.3, 0.4) is 0 Å². The zero-order valence-corrected chi connectivity index (χ0v) is 87.1. The third kappa shape index (κ3) is 30.9. The van der Waals surface area contributed by atoms with E-state index in [1.54, 1.807) is 140 Å². The van der Waals surface area contributed by atoms with E-state index in [1.165, 1.54) is 61.8 Å². The van der Waals surface area contributed by atoms with Gasteiger partial charge in [-0.2, -0.15) is 20.4 Å². The van der Waals surface area contributed by atoms with Gasteiger partial charge in [-0.25, -0.2) is 87.3 Å². The average molecular weight is 2090 g/mol. The Morgan fingerprint density at radius 2 is 0.735 bits per heavy atom. The van der Waals surface area contributed by atoms with E-state index in [-0.39, 0.29) is 57.0 Å². The largest absolute Gasteiger partial charge is 0.361 e. The molecule has 0 radical (unpaired) electrons. The van der Waals surface area contributed by atoms with Crippen molar-refractivity contribution in [2.45, 2.75) is 105 Å². The van der Waals surface area contributed by atoms with E-state index in [0.29, 0.717) is 73.4 Å². The molecule has 0 spiro atoms. The molecule has 0 aliphatic heterocycles. The number of anilines is 8. The number of nitrogens with zero attached hydrogens (tertiary/aromatic N) is 11. The Morgan fingerprint density at radius 3 is 1.12 bits per heavy atom. The topological polar surface area (TPSA) is 546 Å². The van der Waals surface area contributed by atoms with Gasteiger partial charge >= 0.3 is 24.1 Å². The molecular weight excluding hydrogens is 1980 g/mol. The lowest BCUT2D eigenvalue weighted by atomic mass is 9.92. The molecule has 147 heavy (non-hydrogen) atoms. The zero-order chi connectivity index (χ0) is 107. The molecule has 46 heteroatoms. The first kappa shape index (κ1) is 109. The van der Waals surface area contributed by atoms with Gasteiger partial charge in [0.15, 0.2) is 5.13 Å². The van der Waals surface area contributed by atoms with Crippen molar-refractivity contribution in [3.63, 3.8) is 0 Å². The molecule has 0 unspecified atom stereocenters. The number of nitrogens with one attached hydrogen (secondary N) is 14. The maximum atomic E-state index is 13.1. The molecule has 0 aliphatic carbocycles. The third-order valence-electron chi connectivity index (χ3n) is 21.3. The lowest BCUT2D eigenvalue weighted by molar-refractivity contribution is -0.123. The lowest BCUT2D eigenvalue weighted by Crippen LogP contribution is -2.44. The highest BCUT2D eigenvalue weighted by molar-refractivity contribution is 7.89. The second-order valence-corrected chi connectivity index (χ2v) is 44.0. The number of likely N-dealkylation sites (N-methyl/N-ethyl adjacent to an activating group) is 2. The maximum Gasteiger partial charge on any atom is 0.326 e. The molecule has 0 fully saturated rings. The fourth-order valence-corrected chi connectivity index (χ4v) is 15.9. The molecule has 14 N–H and O–H groups in total. The van der Waals surface area contributed by atoms with Gasteiger partial charge in [0, 0.05) is 132 Å². The number of carbonyl (C=O) groups excluding carboxylic acids is 10. The molecule has 0 aliphatic rings. The van der Waals surface area contributed by atoms with Crippen LogP contribution in [-0.4, -0.2) is 190 Å². The van der Waals surface area contributed by atoms with Gasteiger partial charge in [-0.15, -0.1) is 11.3 Å². The lowest BCUT2D eigenvalue weighted by Gasteiger charge is -2.21. The number of amides is 14. The van der Waals surface area contributed by atoms with E-state index < -0.39 is 89.6 Å². The average Bonchev–Trinajstić information content (AvgIpc) is 1.66. The van der Waals surface area contributed by atoms with Crippen molar-refractivity contribution in [2.75, 3.05) is 88.5 Å². The van der Waals surface area contributed by atoms with Gasteiger partial charge in [-0.05, 0) is 164 Å². The van der Waals surface area contributed by atoms with Crippen LogP contribution in [0.15, 0.2) is 248 Å². The highest BCUT2D eigenvalue weighted by atomic mass is 35.5. The van der Waals surface area contributed by atoms with Gasteiger partial charge in [0.05, 0.1) is 75.5 Å². The van der Waals surface area contributed by atoms with Crippen LogP contribution in [0.4, 0.5) is 64.8 Å². The van der Waals surface area contributed by atoms with Crippen molar-refractivity contribution >= 4 is 180 Å². The Kier molecular flexibility index (Phi) is 34.0. The van der Waals surface area contributed by atoms with Crippen molar-refractivity contribution in [1.29, 1.82) is 0 Å². The van der Waals surface area contributed by atoms with Crippen LogP contribution in [-0.2, 0) is 61.3 Å². The predicted octanol–water partition coefficient (Wildman–Crippen LogP) is 16.1. The first-order chi connectivity index (χ1) is 69.1. The molecule has 7 heterocycles. The fourth-order valence-electron chi connectivity index (χ4n) is 13.6. The summed E-state index contributed by atoms with van der Waals surface area (Å²) in [5, 5.41) is 50.8. The number of hydrogen-bond donors (Lipinski definition) is 14. The quantitative estimate of drug-likeness (QED) is 0.0267. The summed E-state index contributed by atoms with van der Waals surface area (Å²) in [6.07, 6.45) is 4.56. The van der Waals surface area contributed by atoms with Gasteiger partial charge in [0.1, 0.15) is 42.2 Å². The Hall–Kier alpha value is -16.8. The van der Waals surface area contributed by atoms with Gasteiger partial charge in [0.25, 0.3) is 23.6 Å². The van der Waals surface area contributed by atoms with Crippen molar-refractivity contribution in [2.24, 2.45) is 0 Å². The van der Waals surface area contributed by atoms with Crippen LogP contribution in [0.1, 0.15) is 147 Å².